The Morgan fingerprint density at radius 2 is 1.84 bits per heavy atom. The van der Waals surface area contributed by atoms with Gasteiger partial charge in [0.25, 0.3) is 5.91 Å². The van der Waals surface area contributed by atoms with Crippen LogP contribution < -0.4 is 10.2 Å². The van der Waals surface area contributed by atoms with Crippen molar-refractivity contribution in [3.63, 3.8) is 0 Å². The van der Waals surface area contributed by atoms with Gasteiger partial charge in [-0.05, 0) is 81.9 Å². The number of nitrogens with one attached hydrogen (secondary N) is 1. The number of carbonyl (C=O) groups excluding carboxylic acids is 1. The third-order valence-electron chi connectivity index (χ3n) is 6.35. The average molecular weight is 422 g/mol. The smallest absolute Gasteiger partial charge is 0.335 e. The van der Waals surface area contributed by atoms with Crippen LogP contribution >= 0.6 is 0 Å². The Bertz CT molecular complexity index is 953. The molecule has 2 aliphatic rings. The van der Waals surface area contributed by atoms with E-state index in [9.17, 15) is 14.7 Å². The lowest BCUT2D eigenvalue weighted by atomic mass is 9.96. The number of carboxylic acids is 1. The molecule has 0 bridgehead atoms. The zero-order chi connectivity index (χ0) is 21.8. The van der Waals surface area contributed by atoms with Gasteiger partial charge in [-0.2, -0.15) is 0 Å². The SMILES string of the molecule is Cc1cccc(C(=O)Nc2cc(C(=O)O)ccc2N2CCC[C@@H](CN3CCCC3)C2)c1. The summed E-state index contributed by atoms with van der Waals surface area (Å²) in [6, 6.07) is 12.5. The van der Waals surface area contributed by atoms with Crippen molar-refractivity contribution in [3.8, 4) is 0 Å². The molecule has 164 valence electrons. The second-order valence-electron chi connectivity index (χ2n) is 8.82. The normalized spacial score (nSPS) is 19.4. The molecule has 2 heterocycles. The maximum Gasteiger partial charge on any atom is 0.335 e. The first-order valence-corrected chi connectivity index (χ1v) is 11.2. The highest BCUT2D eigenvalue weighted by Crippen LogP contribution is 2.32. The van der Waals surface area contributed by atoms with Crippen molar-refractivity contribution in [2.45, 2.75) is 32.6 Å². The van der Waals surface area contributed by atoms with E-state index >= 15 is 0 Å². The first kappa shape index (κ1) is 21.4. The number of nitrogens with zero attached hydrogens (tertiary/aromatic N) is 2. The van der Waals surface area contributed by atoms with Gasteiger partial charge in [-0.3, -0.25) is 4.79 Å². The van der Waals surface area contributed by atoms with E-state index < -0.39 is 5.97 Å². The summed E-state index contributed by atoms with van der Waals surface area (Å²) in [6.45, 7) is 7.30. The van der Waals surface area contributed by atoms with E-state index in [2.05, 4.69) is 15.1 Å². The van der Waals surface area contributed by atoms with Gasteiger partial charge in [0.15, 0.2) is 0 Å². The van der Waals surface area contributed by atoms with Crippen LogP contribution in [0.1, 0.15) is 52.0 Å². The highest BCUT2D eigenvalue weighted by atomic mass is 16.4. The summed E-state index contributed by atoms with van der Waals surface area (Å²) in [5, 5.41) is 12.4. The van der Waals surface area contributed by atoms with Crippen LogP contribution in [0, 0.1) is 12.8 Å². The molecule has 2 saturated heterocycles. The maximum absolute atomic E-state index is 12.9. The number of piperidine rings is 1. The van der Waals surface area contributed by atoms with Gasteiger partial charge in [0, 0.05) is 25.2 Å². The molecule has 4 rings (SSSR count). The Morgan fingerprint density at radius 1 is 1.03 bits per heavy atom. The first-order chi connectivity index (χ1) is 15.0. The van der Waals surface area contributed by atoms with E-state index in [4.69, 9.17) is 0 Å². The van der Waals surface area contributed by atoms with Crippen molar-refractivity contribution < 1.29 is 14.7 Å². The Kier molecular flexibility index (Phi) is 6.56. The number of anilines is 2. The third-order valence-corrected chi connectivity index (χ3v) is 6.35. The van der Waals surface area contributed by atoms with E-state index in [-0.39, 0.29) is 11.5 Å². The van der Waals surface area contributed by atoms with Gasteiger partial charge in [-0.15, -0.1) is 0 Å². The average Bonchev–Trinajstić information content (AvgIpc) is 3.27. The standard InChI is InChI=1S/C25H31N3O3/c1-18-6-4-8-20(14-18)24(29)26-22-15-21(25(30)31)9-10-23(22)28-13-5-7-19(17-28)16-27-11-2-3-12-27/h4,6,8-10,14-15,19H,2-3,5,7,11-13,16-17H2,1H3,(H,26,29)(H,30,31)/t19-/m0/s1. The highest BCUT2D eigenvalue weighted by molar-refractivity contribution is 6.06. The molecule has 2 aromatic carbocycles. The minimum absolute atomic E-state index is 0.175. The molecule has 6 nitrogen and oxygen atoms in total. The van der Waals surface area contributed by atoms with Gasteiger partial charge < -0.3 is 20.2 Å². The molecule has 0 spiro atoms. The summed E-state index contributed by atoms with van der Waals surface area (Å²) in [7, 11) is 0. The molecule has 1 atom stereocenters. The topological polar surface area (TPSA) is 72.9 Å². The summed E-state index contributed by atoms with van der Waals surface area (Å²) in [5.74, 6) is -0.632. The second-order valence-corrected chi connectivity index (χ2v) is 8.82. The number of benzene rings is 2. The molecule has 2 aliphatic heterocycles. The molecular formula is C25H31N3O3. The van der Waals surface area contributed by atoms with Crippen LogP contribution in [-0.4, -0.2) is 54.6 Å². The number of aromatic carboxylic acids is 1. The molecule has 31 heavy (non-hydrogen) atoms. The molecule has 2 aromatic rings. The highest BCUT2D eigenvalue weighted by Gasteiger charge is 2.25. The fourth-order valence-corrected chi connectivity index (χ4v) is 4.79. The molecule has 0 aliphatic carbocycles. The van der Waals surface area contributed by atoms with E-state index in [1.54, 1.807) is 18.2 Å². The molecule has 2 fully saturated rings. The lowest BCUT2D eigenvalue weighted by molar-refractivity contribution is 0.0696. The van der Waals surface area contributed by atoms with Gasteiger partial charge in [0.1, 0.15) is 0 Å². The number of hydrogen-bond donors (Lipinski definition) is 2. The molecule has 2 N–H and O–H groups in total. The van der Waals surface area contributed by atoms with Crippen molar-refractivity contribution in [2.24, 2.45) is 5.92 Å². The number of amides is 1. The van der Waals surface area contributed by atoms with E-state index in [0.717, 1.165) is 37.3 Å². The Morgan fingerprint density at radius 3 is 2.58 bits per heavy atom. The van der Waals surface area contributed by atoms with Crippen molar-refractivity contribution in [3.05, 3.63) is 59.2 Å². The van der Waals surface area contributed by atoms with Crippen molar-refractivity contribution in [1.29, 1.82) is 0 Å². The van der Waals surface area contributed by atoms with Gasteiger partial charge in [0.2, 0.25) is 0 Å². The monoisotopic (exact) mass is 421 g/mol. The predicted octanol–water partition coefficient (Wildman–Crippen LogP) is 4.26. The molecule has 0 saturated carbocycles. The van der Waals surface area contributed by atoms with Crippen LogP contribution in [0.5, 0.6) is 0 Å². The van der Waals surface area contributed by atoms with Crippen molar-refractivity contribution in [1.82, 2.24) is 4.90 Å². The van der Waals surface area contributed by atoms with Crippen LogP contribution in [0.3, 0.4) is 0 Å². The molecule has 6 heteroatoms. The number of hydrogen-bond acceptors (Lipinski definition) is 4. The van der Waals surface area contributed by atoms with Crippen LogP contribution in [0.4, 0.5) is 11.4 Å². The summed E-state index contributed by atoms with van der Waals surface area (Å²) in [6.07, 6.45) is 4.90. The summed E-state index contributed by atoms with van der Waals surface area (Å²) in [5.41, 5.74) is 3.21. The predicted molar refractivity (Wildman–Crippen MR) is 123 cm³/mol. The zero-order valence-electron chi connectivity index (χ0n) is 18.1. The quantitative estimate of drug-likeness (QED) is 0.729. The van der Waals surface area contributed by atoms with Gasteiger partial charge in [-0.1, -0.05) is 17.7 Å². The molecule has 0 aromatic heterocycles. The van der Waals surface area contributed by atoms with Crippen LogP contribution in [0.25, 0.3) is 0 Å². The molecule has 0 unspecified atom stereocenters. The van der Waals surface area contributed by atoms with Crippen molar-refractivity contribution >= 4 is 23.3 Å². The summed E-state index contributed by atoms with van der Waals surface area (Å²) < 4.78 is 0. The van der Waals surface area contributed by atoms with Gasteiger partial charge >= 0.3 is 5.97 Å². The largest absolute Gasteiger partial charge is 0.478 e. The number of aryl methyl sites for hydroxylation is 1. The lowest BCUT2D eigenvalue weighted by Gasteiger charge is -2.37. The minimum atomic E-state index is -0.997. The molecule has 1 amide bonds. The van der Waals surface area contributed by atoms with Gasteiger partial charge in [0.05, 0.1) is 16.9 Å². The lowest BCUT2D eigenvalue weighted by Crippen LogP contribution is -2.40. The minimum Gasteiger partial charge on any atom is -0.478 e. The molecule has 0 radical (unpaired) electrons. The van der Waals surface area contributed by atoms with E-state index in [1.807, 2.05) is 31.2 Å². The summed E-state index contributed by atoms with van der Waals surface area (Å²) in [4.78, 5) is 29.3. The number of carboxylic acid groups (broad SMARTS) is 1. The summed E-state index contributed by atoms with van der Waals surface area (Å²) >= 11 is 0. The number of carbonyl (C=O) groups is 2. The van der Waals surface area contributed by atoms with Crippen LogP contribution in [-0.2, 0) is 0 Å². The van der Waals surface area contributed by atoms with Crippen LogP contribution in [0.2, 0.25) is 0 Å². The Balaban J connectivity index is 1.56. The van der Waals surface area contributed by atoms with E-state index in [1.165, 1.54) is 32.4 Å². The Hall–Kier alpha value is -2.86. The maximum atomic E-state index is 12.9. The van der Waals surface area contributed by atoms with Gasteiger partial charge in [-0.25, -0.2) is 4.79 Å². The fraction of sp³-hybridized carbons (Fsp3) is 0.440. The number of likely N-dealkylation sites (tertiary alicyclic amines) is 1. The van der Waals surface area contributed by atoms with Crippen LogP contribution in [0.15, 0.2) is 42.5 Å². The zero-order valence-corrected chi connectivity index (χ0v) is 18.1. The first-order valence-electron chi connectivity index (χ1n) is 11.2. The second kappa shape index (κ2) is 9.52. The molecular weight excluding hydrogens is 390 g/mol. The van der Waals surface area contributed by atoms with Crippen molar-refractivity contribution in [2.75, 3.05) is 42.9 Å². The fourth-order valence-electron chi connectivity index (χ4n) is 4.79. The Labute approximate surface area is 183 Å². The van der Waals surface area contributed by atoms with E-state index in [0.29, 0.717) is 17.2 Å². The third kappa shape index (κ3) is 5.25. The number of rotatable bonds is 6.